The molecule has 0 unspecified atom stereocenters. The maximum Gasteiger partial charge on any atom is 0.319 e. The fraction of sp³-hybridized carbons (Fsp3) is 0.957. The summed E-state index contributed by atoms with van der Waals surface area (Å²) in [4.78, 5) is 26.1. The largest absolute Gasteiger partial charge is 0.373 e. The smallest absolute Gasteiger partial charge is 0.319 e. The molecule has 0 spiro atoms. The van der Waals surface area contributed by atoms with Crippen LogP contribution in [0.5, 0.6) is 0 Å². The predicted octanol–water partition coefficient (Wildman–Crippen LogP) is 15.2. The van der Waals surface area contributed by atoms with E-state index in [1.54, 1.807) is 0 Å². The molecular formula is C46H93O7P3. The zero-order valence-electron chi connectivity index (χ0n) is 37.5. The van der Waals surface area contributed by atoms with Gasteiger partial charge in [0, 0.05) is 13.2 Å². The molecule has 0 rings (SSSR count). The minimum atomic E-state index is -2.48. The average molecular weight is 851 g/mol. The Kier molecular flexibility index (Phi) is 46.6. The van der Waals surface area contributed by atoms with Gasteiger partial charge in [0.05, 0.1) is 13.2 Å². The molecule has 0 aliphatic heterocycles. The molecule has 0 saturated heterocycles. The van der Waals surface area contributed by atoms with E-state index in [-0.39, 0.29) is 13.2 Å². The van der Waals surface area contributed by atoms with Crippen LogP contribution < -0.4 is 0 Å². The fourth-order valence-electron chi connectivity index (χ4n) is 6.87. The molecule has 334 valence electrons. The first-order valence-corrected chi connectivity index (χ1v) is 28.6. The van der Waals surface area contributed by atoms with Gasteiger partial charge in [0.25, 0.3) is 0 Å². The van der Waals surface area contributed by atoms with Crippen molar-refractivity contribution in [2.24, 2.45) is 0 Å². The molecule has 56 heavy (non-hydrogen) atoms. The van der Waals surface area contributed by atoms with Crippen LogP contribution in [-0.2, 0) is 32.7 Å². The third-order valence-electron chi connectivity index (χ3n) is 10.6. The highest BCUT2D eigenvalue weighted by molar-refractivity contribution is 7.75. The second-order valence-electron chi connectivity index (χ2n) is 16.0. The van der Waals surface area contributed by atoms with Gasteiger partial charge in [-0.25, -0.2) is 0 Å². The van der Waals surface area contributed by atoms with Gasteiger partial charge in [-0.05, 0) is 105 Å². The Morgan fingerprint density at radius 1 is 0.357 bits per heavy atom. The van der Waals surface area contributed by atoms with Crippen molar-refractivity contribution in [2.45, 2.75) is 220 Å². The molecule has 0 aromatic heterocycles. The highest BCUT2D eigenvalue weighted by Gasteiger charge is 2.18. The second-order valence-corrected chi connectivity index (χ2v) is 22.0. The Balaban J connectivity index is 4.02. The number of carbonyl (C=O) groups excluding carboxylic acids is 2. The average Bonchev–Trinajstić information content (AvgIpc) is 3.20. The monoisotopic (exact) mass is 851 g/mol. The molecular weight excluding hydrogens is 757 g/mol. The summed E-state index contributed by atoms with van der Waals surface area (Å²) in [6.45, 7) is 11.5. The van der Waals surface area contributed by atoms with Gasteiger partial charge in [0.1, 0.15) is 13.2 Å². The molecule has 0 N–H and O–H groups in total. The fourth-order valence-corrected chi connectivity index (χ4v) is 12.0. The van der Waals surface area contributed by atoms with Crippen LogP contribution in [0.3, 0.4) is 0 Å². The van der Waals surface area contributed by atoms with Crippen molar-refractivity contribution in [2.75, 3.05) is 64.3 Å². The summed E-state index contributed by atoms with van der Waals surface area (Å²) in [6, 6.07) is 0. The van der Waals surface area contributed by atoms with Gasteiger partial charge in [0.15, 0.2) is 11.0 Å². The van der Waals surface area contributed by atoms with Gasteiger partial charge in [-0.3, -0.25) is 14.2 Å². The van der Waals surface area contributed by atoms with E-state index in [0.29, 0.717) is 37.5 Å². The summed E-state index contributed by atoms with van der Waals surface area (Å²) in [7, 11) is -3.64. The summed E-state index contributed by atoms with van der Waals surface area (Å²) in [5.41, 5.74) is 0.705. The van der Waals surface area contributed by atoms with Crippen LogP contribution in [0.15, 0.2) is 0 Å². The maximum absolute atomic E-state index is 13.0. The number of hydrogen-bond donors (Lipinski definition) is 0. The van der Waals surface area contributed by atoms with Crippen molar-refractivity contribution in [3.8, 4) is 0 Å². The Morgan fingerprint density at radius 2 is 0.607 bits per heavy atom. The van der Waals surface area contributed by atoms with Gasteiger partial charge in [-0.1, -0.05) is 156 Å². The highest BCUT2D eigenvalue weighted by Crippen LogP contribution is 2.40. The van der Waals surface area contributed by atoms with Gasteiger partial charge in [0.2, 0.25) is 0 Å². The van der Waals surface area contributed by atoms with E-state index in [0.717, 1.165) is 63.2 Å². The molecule has 0 radical (unpaired) electrons. The van der Waals surface area contributed by atoms with Gasteiger partial charge in [-0.15, -0.1) is 0 Å². The van der Waals surface area contributed by atoms with Gasteiger partial charge >= 0.3 is 8.25 Å². The molecule has 10 heteroatoms. The maximum atomic E-state index is 13.0. The number of carbonyl (C=O) groups is 2. The van der Waals surface area contributed by atoms with E-state index in [9.17, 15) is 14.2 Å². The van der Waals surface area contributed by atoms with Crippen molar-refractivity contribution in [3.05, 3.63) is 0 Å². The summed E-state index contributed by atoms with van der Waals surface area (Å²) >= 11 is 0. The molecule has 7 nitrogen and oxygen atoms in total. The normalized spacial score (nSPS) is 11.8. The van der Waals surface area contributed by atoms with Crippen molar-refractivity contribution < 1.29 is 32.7 Å². The second kappa shape index (κ2) is 46.3. The number of ether oxygens (including phenoxy) is 2. The predicted molar refractivity (Wildman–Crippen MR) is 247 cm³/mol. The van der Waals surface area contributed by atoms with Crippen LogP contribution >= 0.6 is 24.1 Å². The summed E-state index contributed by atoms with van der Waals surface area (Å²) in [6.07, 6.45) is 40.0. The molecule has 0 aliphatic carbocycles. The van der Waals surface area contributed by atoms with E-state index in [1.165, 1.54) is 154 Å². The first kappa shape index (κ1) is 56.3. The van der Waals surface area contributed by atoms with Crippen LogP contribution in [0.4, 0.5) is 0 Å². The van der Waals surface area contributed by atoms with E-state index in [1.807, 2.05) is 0 Å². The van der Waals surface area contributed by atoms with Crippen LogP contribution in [0, 0.1) is 0 Å². The van der Waals surface area contributed by atoms with E-state index >= 15 is 0 Å². The molecule has 0 fully saturated rings. The highest BCUT2D eigenvalue weighted by atomic mass is 31.1. The third-order valence-corrected chi connectivity index (χ3v) is 16.6. The molecule has 0 aromatic carbocycles. The molecule has 0 amide bonds. The van der Waals surface area contributed by atoms with E-state index in [2.05, 4.69) is 27.7 Å². The van der Waals surface area contributed by atoms with Crippen molar-refractivity contribution in [1.82, 2.24) is 0 Å². The summed E-state index contributed by atoms with van der Waals surface area (Å²) in [5, 5.41) is 0. The quantitative estimate of drug-likeness (QED) is 0.0445. The van der Waals surface area contributed by atoms with Gasteiger partial charge in [-0.2, -0.15) is 0 Å². The lowest BCUT2D eigenvalue weighted by molar-refractivity contribution is -0.116. The summed E-state index contributed by atoms with van der Waals surface area (Å²) in [5.74, 6) is 0. The van der Waals surface area contributed by atoms with Gasteiger partial charge < -0.3 is 18.5 Å². The third kappa shape index (κ3) is 39.7. The Bertz CT molecular complexity index is 765. The lowest BCUT2D eigenvalue weighted by Gasteiger charge is -2.17. The van der Waals surface area contributed by atoms with Crippen molar-refractivity contribution in [1.29, 1.82) is 0 Å². The lowest BCUT2D eigenvalue weighted by Crippen LogP contribution is -2.11. The van der Waals surface area contributed by atoms with E-state index in [4.69, 9.17) is 18.5 Å². The van der Waals surface area contributed by atoms with Crippen molar-refractivity contribution in [3.63, 3.8) is 0 Å². The van der Waals surface area contributed by atoms with Crippen LogP contribution in [0.1, 0.15) is 220 Å². The Hall–Kier alpha value is 0.270. The zero-order valence-corrected chi connectivity index (χ0v) is 40.3. The van der Waals surface area contributed by atoms with Crippen molar-refractivity contribution >= 4 is 35.1 Å². The topological polar surface area (TPSA) is 88.1 Å². The van der Waals surface area contributed by atoms with E-state index < -0.39 is 24.1 Å². The minimum absolute atomic E-state index is 0.263. The van der Waals surface area contributed by atoms with Crippen LogP contribution in [0.25, 0.3) is 0 Å². The molecule has 0 bridgehead atoms. The number of rotatable bonds is 48. The van der Waals surface area contributed by atoms with Crippen LogP contribution in [-0.4, -0.2) is 75.3 Å². The lowest BCUT2D eigenvalue weighted by atomic mass is 10.1. The molecule has 0 aromatic rings. The number of unbranched alkanes of at least 4 members (excludes halogenated alkanes) is 24. The molecule has 0 saturated carbocycles. The molecule has 0 atom stereocenters. The standard InChI is InChI=1S/C46H93O7P3/c1-5-9-13-17-21-31-39-54(40-32-22-18-14-10-6-2)45(47)43-50-35-27-25-29-37-52-56(49)53-38-30-26-28-36-51-44-46(48)55(41-33-23-19-15-11-7-3)42-34-24-20-16-12-8-4/h56H,5-44H2,1-4H3. The molecule has 0 aliphatic rings. The first-order chi connectivity index (χ1) is 27.5. The Morgan fingerprint density at radius 3 is 0.911 bits per heavy atom. The Labute approximate surface area is 351 Å². The van der Waals surface area contributed by atoms with Crippen LogP contribution in [0.2, 0.25) is 0 Å². The zero-order chi connectivity index (χ0) is 41.0. The molecule has 0 heterocycles. The number of hydrogen-bond acceptors (Lipinski definition) is 7. The SMILES string of the molecule is CCCCCCCCP(CCCCCCCC)C(=O)COCCCCCO[PH](=O)OCCCCCOCC(=O)P(CCCCCCCC)CCCCCCCC. The first-order valence-electron chi connectivity index (χ1n) is 24.0. The summed E-state index contributed by atoms with van der Waals surface area (Å²) < 4.78 is 34.7. The minimum Gasteiger partial charge on any atom is -0.373 e.